The van der Waals surface area contributed by atoms with E-state index in [1.54, 1.807) is 12.1 Å². The summed E-state index contributed by atoms with van der Waals surface area (Å²) < 4.78 is 0. The van der Waals surface area contributed by atoms with Gasteiger partial charge in [-0.3, -0.25) is 4.79 Å². The van der Waals surface area contributed by atoms with E-state index in [1.807, 2.05) is 19.1 Å². The zero-order valence-corrected chi connectivity index (χ0v) is 13.5. The van der Waals surface area contributed by atoms with Crippen molar-refractivity contribution in [2.24, 2.45) is 0 Å². The molecule has 1 N–H and O–H groups in total. The summed E-state index contributed by atoms with van der Waals surface area (Å²) >= 11 is 6.08. The first kappa shape index (κ1) is 15.1. The summed E-state index contributed by atoms with van der Waals surface area (Å²) in [6.07, 6.45) is 4.87. The molecule has 0 heterocycles. The van der Waals surface area contributed by atoms with E-state index in [1.165, 1.54) is 30.4 Å². The first-order chi connectivity index (χ1) is 10.6. The van der Waals surface area contributed by atoms with Gasteiger partial charge in [-0.05, 0) is 61.4 Å². The van der Waals surface area contributed by atoms with E-state index >= 15 is 0 Å². The highest BCUT2D eigenvalue weighted by atomic mass is 35.5. The topological polar surface area (TPSA) is 29.1 Å². The molecule has 114 valence electrons. The minimum absolute atomic E-state index is 0.0315. The van der Waals surface area contributed by atoms with Crippen LogP contribution in [0, 0.1) is 0 Å². The lowest BCUT2D eigenvalue weighted by Crippen LogP contribution is -2.27. The highest BCUT2D eigenvalue weighted by Gasteiger charge is 2.16. The van der Waals surface area contributed by atoms with E-state index in [2.05, 4.69) is 23.5 Å². The average molecular weight is 314 g/mol. The SMILES string of the molecule is CC(NC(=O)c1ccccc1Cl)c1ccc2c(c1)CCCC2. The Morgan fingerprint density at radius 1 is 1.09 bits per heavy atom. The second-order valence-electron chi connectivity index (χ2n) is 5.91. The second-order valence-corrected chi connectivity index (χ2v) is 6.32. The van der Waals surface area contributed by atoms with Crippen LogP contribution in [0.1, 0.15) is 52.9 Å². The van der Waals surface area contributed by atoms with Crippen molar-refractivity contribution < 1.29 is 4.79 Å². The Labute approximate surface area is 136 Å². The number of fused-ring (bicyclic) bond motifs is 1. The Hall–Kier alpha value is -1.80. The van der Waals surface area contributed by atoms with Gasteiger partial charge in [0.2, 0.25) is 0 Å². The van der Waals surface area contributed by atoms with Gasteiger partial charge < -0.3 is 5.32 Å². The first-order valence-electron chi connectivity index (χ1n) is 7.82. The predicted octanol–water partition coefficient (Wildman–Crippen LogP) is 4.71. The number of nitrogens with one attached hydrogen (secondary N) is 1. The van der Waals surface area contributed by atoms with Crippen molar-refractivity contribution in [2.75, 3.05) is 0 Å². The van der Waals surface area contributed by atoms with Gasteiger partial charge in [-0.25, -0.2) is 0 Å². The van der Waals surface area contributed by atoms with Gasteiger partial charge in [0.15, 0.2) is 0 Å². The zero-order valence-electron chi connectivity index (χ0n) is 12.7. The Kier molecular flexibility index (Phi) is 4.49. The molecule has 0 aliphatic heterocycles. The Morgan fingerprint density at radius 2 is 1.82 bits per heavy atom. The lowest BCUT2D eigenvalue weighted by Gasteiger charge is -2.20. The van der Waals surface area contributed by atoms with Crippen LogP contribution in [-0.4, -0.2) is 5.91 Å². The van der Waals surface area contributed by atoms with E-state index in [-0.39, 0.29) is 11.9 Å². The van der Waals surface area contributed by atoms with Crippen molar-refractivity contribution in [3.8, 4) is 0 Å². The number of hydrogen-bond acceptors (Lipinski definition) is 1. The van der Waals surface area contributed by atoms with Crippen molar-refractivity contribution in [1.82, 2.24) is 5.32 Å². The molecule has 0 saturated carbocycles. The summed E-state index contributed by atoms with van der Waals surface area (Å²) in [6.45, 7) is 2.01. The number of rotatable bonds is 3. The molecule has 0 bridgehead atoms. The van der Waals surface area contributed by atoms with Crippen LogP contribution in [0.3, 0.4) is 0 Å². The first-order valence-corrected chi connectivity index (χ1v) is 8.20. The van der Waals surface area contributed by atoms with Crippen LogP contribution >= 0.6 is 11.6 Å². The van der Waals surface area contributed by atoms with Gasteiger partial charge in [0.25, 0.3) is 5.91 Å². The Balaban J connectivity index is 1.76. The van der Waals surface area contributed by atoms with Crippen LogP contribution in [0.15, 0.2) is 42.5 Å². The maximum atomic E-state index is 12.3. The molecular formula is C19H20ClNO. The Bertz CT molecular complexity index is 696. The monoisotopic (exact) mass is 313 g/mol. The van der Waals surface area contributed by atoms with Crippen LogP contribution in [0.4, 0.5) is 0 Å². The molecule has 22 heavy (non-hydrogen) atoms. The van der Waals surface area contributed by atoms with Gasteiger partial charge in [-0.15, -0.1) is 0 Å². The molecule has 2 nitrogen and oxygen atoms in total. The van der Waals surface area contributed by atoms with E-state index in [0.717, 1.165) is 12.0 Å². The third kappa shape index (κ3) is 3.17. The molecule has 0 saturated heterocycles. The van der Waals surface area contributed by atoms with Crippen molar-refractivity contribution in [3.63, 3.8) is 0 Å². The van der Waals surface area contributed by atoms with Gasteiger partial charge in [-0.1, -0.05) is 41.9 Å². The van der Waals surface area contributed by atoms with Gasteiger partial charge >= 0.3 is 0 Å². The van der Waals surface area contributed by atoms with E-state index in [0.29, 0.717) is 10.6 Å². The molecule has 0 spiro atoms. The number of halogens is 1. The van der Waals surface area contributed by atoms with Gasteiger partial charge in [-0.2, -0.15) is 0 Å². The van der Waals surface area contributed by atoms with Crippen molar-refractivity contribution in [1.29, 1.82) is 0 Å². The molecule has 0 radical (unpaired) electrons. The van der Waals surface area contributed by atoms with E-state index in [4.69, 9.17) is 11.6 Å². The largest absolute Gasteiger partial charge is 0.345 e. The van der Waals surface area contributed by atoms with Crippen LogP contribution in [0.5, 0.6) is 0 Å². The number of amides is 1. The molecular weight excluding hydrogens is 294 g/mol. The fourth-order valence-corrected chi connectivity index (χ4v) is 3.25. The molecule has 1 atom stereocenters. The lowest BCUT2D eigenvalue weighted by molar-refractivity contribution is 0.0940. The summed E-state index contributed by atoms with van der Waals surface area (Å²) in [6, 6.07) is 13.7. The molecule has 0 fully saturated rings. The zero-order chi connectivity index (χ0) is 15.5. The van der Waals surface area contributed by atoms with Crippen LogP contribution in [-0.2, 0) is 12.8 Å². The standard InChI is InChI=1S/C19H20ClNO/c1-13(21-19(22)17-8-4-5-9-18(17)20)15-11-10-14-6-2-3-7-16(14)12-15/h4-5,8-13H,2-3,6-7H2,1H3,(H,21,22). The second kappa shape index (κ2) is 6.53. The van der Waals surface area contributed by atoms with Crippen molar-refractivity contribution in [2.45, 2.75) is 38.6 Å². The smallest absolute Gasteiger partial charge is 0.253 e. The Morgan fingerprint density at radius 3 is 2.59 bits per heavy atom. The summed E-state index contributed by atoms with van der Waals surface area (Å²) in [5, 5.41) is 3.52. The summed E-state index contributed by atoms with van der Waals surface area (Å²) in [5.41, 5.74) is 4.57. The molecule has 3 rings (SSSR count). The lowest BCUT2D eigenvalue weighted by atomic mass is 9.89. The minimum atomic E-state index is -0.129. The third-order valence-corrected chi connectivity index (χ3v) is 4.67. The molecule has 1 unspecified atom stereocenters. The van der Waals surface area contributed by atoms with Gasteiger partial charge in [0.05, 0.1) is 16.6 Å². The molecule has 1 aliphatic rings. The quantitative estimate of drug-likeness (QED) is 0.873. The molecule has 0 aromatic heterocycles. The van der Waals surface area contributed by atoms with Crippen molar-refractivity contribution >= 4 is 17.5 Å². The fraction of sp³-hybridized carbons (Fsp3) is 0.316. The average Bonchev–Trinajstić information content (AvgIpc) is 2.54. The van der Waals surface area contributed by atoms with Crippen LogP contribution in [0.25, 0.3) is 0 Å². The van der Waals surface area contributed by atoms with Gasteiger partial charge in [0, 0.05) is 0 Å². The maximum absolute atomic E-state index is 12.3. The van der Waals surface area contributed by atoms with Crippen molar-refractivity contribution in [3.05, 3.63) is 69.7 Å². The normalized spacial score (nSPS) is 15.0. The molecule has 1 amide bonds. The molecule has 1 aliphatic carbocycles. The number of aryl methyl sites for hydroxylation is 2. The molecule has 2 aromatic carbocycles. The van der Waals surface area contributed by atoms with Crippen LogP contribution in [0.2, 0.25) is 5.02 Å². The van der Waals surface area contributed by atoms with E-state index < -0.39 is 0 Å². The number of carbonyl (C=O) groups excluding carboxylic acids is 1. The fourth-order valence-electron chi connectivity index (χ4n) is 3.03. The summed E-state index contributed by atoms with van der Waals surface area (Å²) in [5.74, 6) is -0.129. The maximum Gasteiger partial charge on any atom is 0.253 e. The van der Waals surface area contributed by atoms with Gasteiger partial charge in [0.1, 0.15) is 0 Å². The van der Waals surface area contributed by atoms with Crippen LogP contribution < -0.4 is 5.32 Å². The molecule has 3 heteroatoms. The molecule has 2 aromatic rings. The minimum Gasteiger partial charge on any atom is -0.345 e. The third-order valence-electron chi connectivity index (χ3n) is 4.34. The highest BCUT2D eigenvalue weighted by Crippen LogP contribution is 2.25. The summed E-state index contributed by atoms with van der Waals surface area (Å²) in [7, 11) is 0. The predicted molar refractivity (Wildman–Crippen MR) is 90.4 cm³/mol. The number of benzene rings is 2. The summed E-state index contributed by atoms with van der Waals surface area (Å²) in [4.78, 5) is 12.3. The number of carbonyl (C=O) groups is 1. The highest BCUT2D eigenvalue weighted by molar-refractivity contribution is 6.33. The van der Waals surface area contributed by atoms with E-state index in [9.17, 15) is 4.79 Å². The number of hydrogen-bond donors (Lipinski definition) is 1.